The number of aldehydes is 1. The van der Waals surface area contributed by atoms with Crippen LogP contribution in [0.3, 0.4) is 0 Å². The summed E-state index contributed by atoms with van der Waals surface area (Å²) < 4.78 is 5.85. The van der Waals surface area contributed by atoms with E-state index in [4.69, 9.17) is 16.3 Å². The van der Waals surface area contributed by atoms with E-state index < -0.39 is 0 Å². The van der Waals surface area contributed by atoms with Crippen molar-refractivity contribution in [3.63, 3.8) is 0 Å². The van der Waals surface area contributed by atoms with Gasteiger partial charge in [0, 0.05) is 16.5 Å². The standard InChI is InChI=1S/C25H25ClO2/c1-18-8-11-22(15-19(18)2)25(21-5-3-6-23(26)16-21)7-4-14-28-24-12-9-20(17-27)10-13-24/h3,5-6,8-13,15-17,25H,4,7,14H2,1-2H3. The fraction of sp³-hybridized carbons (Fsp3) is 0.240. The monoisotopic (exact) mass is 392 g/mol. The normalized spacial score (nSPS) is 11.8. The summed E-state index contributed by atoms with van der Waals surface area (Å²) in [7, 11) is 0. The van der Waals surface area contributed by atoms with Crippen LogP contribution in [0.25, 0.3) is 0 Å². The van der Waals surface area contributed by atoms with Crippen LogP contribution < -0.4 is 4.74 Å². The van der Waals surface area contributed by atoms with Gasteiger partial charge in [-0.2, -0.15) is 0 Å². The van der Waals surface area contributed by atoms with Crippen LogP contribution in [0.5, 0.6) is 5.75 Å². The van der Waals surface area contributed by atoms with Crippen molar-refractivity contribution in [2.24, 2.45) is 0 Å². The predicted octanol–water partition coefficient (Wildman–Crippen LogP) is 6.76. The number of ether oxygens (including phenoxy) is 1. The molecule has 1 unspecified atom stereocenters. The molecule has 3 aromatic rings. The van der Waals surface area contributed by atoms with Crippen LogP contribution in [-0.2, 0) is 0 Å². The van der Waals surface area contributed by atoms with E-state index in [1.54, 1.807) is 12.1 Å². The van der Waals surface area contributed by atoms with Crippen LogP contribution in [0.2, 0.25) is 5.02 Å². The Kier molecular flexibility index (Phi) is 6.89. The highest BCUT2D eigenvalue weighted by Gasteiger charge is 2.15. The molecule has 0 amide bonds. The van der Waals surface area contributed by atoms with E-state index in [0.717, 1.165) is 29.9 Å². The van der Waals surface area contributed by atoms with Gasteiger partial charge in [-0.3, -0.25) is 4.79 Å². The molecular formula is C25H25ClO2. The fourth-order valence-corrected chi connectivity index (χ4v) is 3.55. The molecule has 0 fully saturated rings. The van der Waals surface area contributed by atoms with Crippen molar-refractivity contribution in [1.82, 2.24) is 0 Å². The molecular weight excluding hydrogens is 368 g/mol. The molecule has 0 saturated carbocycles. The van der Waals surface area contributed by atoms with Gasteiger partial charge in [0.1, 0.15) is 12.0 Å². The molecule has 144 valence electrons. The highest BCUT2D eigenvalue weighted by molar-refractivity contribution is 6.30. The van der Waals surface area contributed by atoms with Crippen molar-refractivity contribution in [2.75, 3.05) is 6.61 Å². The van der Waals surface area contributed by atoms with Crippen LogP contribution >= 0.6 is 11.6 Å². The number of benzene rings is 3. The van der Waals surface area contributed by atoms with Crippen molar-refractivity contribution in [3.8, 4) is 5.75 Å². The number of halogens is 1. The van der Waals surface area contributed by atoms with Gasteiger partial charge in [-0.1, -0.05) is 41.9 Å². The quantitative estimate of drug-likeness (QED) is 0.312. The van der Waals surface area contributed by atoms with Crippen LogP contribution in [0.15, 0.2) is 66.7 Å². The number of hydrogen-bond acceptors (Lipinski definition) is 2. The Hall–Kier alpha value is -2.58. The molecule has 0 aliphatic carbocycles. The SMILES string of the molecule is Cc1ccc(C(CCCOc2ccc(C=O)cc2)c2cccc(Cl)c2)cc1C. The van der Waals surface area contributed by atoms with Gasteiger partial charge in [0.15, 0.2) is 0 Å². The van der Waals surface area contributed by atoms with Crippen LogP contribution in [0, 0.1) is 13.8 Å². The van der Waals surface area contributed by atoms with E-state index in [2.05, 4.69) is 44.2 Å². The molecule has 2 nitrogen and oxygen atoms in total. The summed E-state index contributed by atoms with van der Waals surface area (Å²) in [5, 5.41) is 0.762. The second kappa shape index (κ2) is 9.57. The van der Waals surface area contributed by atoms with Crippen molar-refractivity contribution >= 4 is 17.9 Å². The lowest BCUT2D eigenvalue weighted by Crippen LogP contribution is -2.06. The molecule has 3 heteroatoms. The Morgan fingerprint density at radius 1 is 0.929 bits per heavy atom. The van der Waals surface area contributed by atoms with E-state index in [9.17, 15) is 4.79 Å². The van der Waals surface area contributed by atoms with Crippen molar-refractivity contribution in [2.45, 2.75) is 32.6 Å². The van der Waals surface area contributed by atoms with Gasteiger partial charge in [0.05, 0.1) is 6.61 Å². The zero-order valence-corrected chi connectivity index (χ0v) is 17.1. The van der Waals surface area contributed by atoms with Gasteiger partial charge in [0.25, 0.3) is 0 Å². The first-order valence-electron chi connectivity index (χ1n) is 9.57. The molecule has 3 rings (SSSR count). The number of aryl methyl sites for hydroxylation is 2. The average Bonchev–Trinajstić information content (AvgIpc) is 2.71. The minimum absolute atomic E-state index is 0.277. The topological polar surface area (TPSA) is 26.3 Å². The summed E-state index contributed by atoms with van der Waals surface area (Å²) >= 11 is 6.25. The van der Waals surface area contributed by atoms with Gasteiger partial charge in [-0.25, -0.2) is 0 Å². The van der Waals surface area contributed by atoms with Crippen molar-refractivity contribution in [1.29, 1.82) is 0 Å². The van der Waals surface area contributed by atoms with E-state index >= 15 is 0 Å². The molecule has 0 N–H and O–H groups in total. The lowest BCUT2D eigenvalue weighted by molar-refractivity contribution is 0.112. The molecule has 0 aliphatic heterocycles. The minimum atomic E-state index is 0.277. The van der Waals surface area contributed by atoms with Gasteiger partial charge < -0.3 is 4.74 Å². The maximum atomic E-state index is 10.7. The summed E-state index contributed by atoms with van der Waals surface area (Å²) in [6, 6.07) is 22.0. The predicted molar refractivity (Wildman–Crippen MR) is 116 cm³/mol. The second-order valence-corrected chi connectivity index (χ2v) is 7.57. The molecule has 0 heterocycles. The molecule has 0 aliphatic rings. The first-order chi connectivity index (χ1) is 13.6. The van der Waals surface area contributed by atoms with E-state index in [0.29, 0.717) is 12.2 Å². The average molecular weight is 393 g/mol. The molecule has 0 bridgehead atoms. The molecule has 0 spiro atoms. The summed E-state index contributed by atoms with van der Waals surface area (Å²) in [5.41, 5.74) is 5.79. The first-order valence-corrected chi connectivity index (χ1v) is 9.95. The maximum Gasteiger partial charge on any atom is 0.150 e. The number of carbonyl (C=O) groups excluding carboxylic acids is 1. The lowest BCUT2D eigenvalue weighted by Gasteiger charge is -2.20. The third kappa shape index (κ3) is 5.24. The van der Waals surface area contributed by atoms with E-state index in [1.165, 1.54) is 22.3 Å². The van der Waals surface area contributed by atoms with Gasteiger partial charge in [-0.05, 0) is 85.3 Å². The van der Waals surface area contributed by atoms with E-state index in [-0.39, 0.29) is 5.92 Å². The number of rotatable bonds is 8. The van der Waals surface area contributed by atoms with Crippen LogP contribution in [0.4, 0.5) is 0 Å². The Labute approximate surface area is 172 Å². The summed E-state index contributed by atoms with van der Waals surface area (Å²) in [6.45, 7) is 4.92. The zero-order valence-electron chi connectivity index (χ0n) is 16.3. The maximum absolute atomic E-state index is 10.7. The van der Waals surface area contributed by atoms with Crippen LogP contribution in [0.1, 0.15) is 51.4 Å². The largest absolute Gasteiger partial charge is 0.494 e. The third-order valence-corrected chi connectivity index (χ3v) is 5.34. The molecule has 28 heavy (non-hydrogen) atoms. The number of carbonyl (C=O) groups is 1. The molecule has 0 radical (unpaired) electrons. The second-order valence-electron chi connectivity index (χ2n) is 7.13. The van der Waals surface area contributed by atoms with Gasteiger partial charge in [0.2, 0.25) is 0 Å². The Morgan fingerprint density at radius 2 is 1.68 bits per heavy atom. The Balaban J connectivity index is 1.70. The highest BCUT2D eigenvalue weighted by Crippen LogP contribution is 2.32. The van der Waals surface area contributed by atoms with Crippen molar-refractivity contribution < 1.29 is 9.53 Å². The third-order valence-electron chi connectivity index (χ3n) is 5.11. The van der Waals surface area contributed by atoms with Crippen LogP contribution in [-0.4, -0.2) is 12.9 Å². The van der Waals surface area contributed by atoms with Gasteiger partial charge in [-0.15, -0.1) is 0 Å². The molecule has 3 aromatic carbocycles. The van der Waals surface area contributed by atoms with E-state index in [1.807, 2.05) is 24.3 Å². The minimum Gasteiger partial charge on any atom is -0.494 e. The highest BCUT2D eigenvalue weighted by atomic mass is 35.5. The smallest absolute Gasteiger partial charge is 0.150 e. The summed E-state index contributed by atoms with van der Waals surface area (Å²) in [4.78, 5) is 10.7. The molecule has 1 atom stereocenters. The number of hydrogen-bond donors (Lipinski definition) is 0. The first kappa shape index (κ1) is 20.2. The summed E-state index contributed by atoms with van der Waals surface area (Å²) in [5.74, 6) is 1.06. The Bertz CT molecular complexity index is 932. The van der Waals surface area contributed by atoms with Gasteiger partial charge >= 0.3 is 0 Å². The molecule has 0 aromatic heterocycles. The Morgan fingerprint density at radius 3 is 2.36 bits per heavy atom. The lowest BCUT2D eigenvalue weighted by atomic mass is 9.86. The van der Waals surface area contributed by atoms with Crippen molar-refractivity contribution in [3.05, 3.63) is 99.6 Å². The fourth-order valence-electron chi connectivity index (χ4n) is 3.35. The summed E-state index contributed by atoms with van der Waals surface area (Å²) in [6.07, 6.45) is 2.72. The zero-order chi connectivity index (χ0) is 19.9. The molecule has 0 saturated heterocycles.